The number of rotatable bonds is 12. The SMILES string of the molecule is C=CCC[C@H](O)C[NH+](CCC(C)C)Cc1cccn1Cc1cccc(F)c1. The molecular formula is C23H34FN2O+. The van der Waals surface area contributed by atoms with E-state index in [1.54, 1.807) is 12.1 Å². The molecule has 4 heteroatoms. The lowest BCUT2D eigenvalue weighted by molar-refractivity contribution is -0.917. The molecule has 0 amide bonds. The summed E-state index contributed by atoms with van der Waals surface area (Å²) < 4.78 is 15.7. The molecule has 1 unspecified atom stereocenters. The van der Waals surface area contributed by atoms with E-state index in [1.807, 2.05) is 18.2 Å². The third-order valence-corrected chi connectivity index (χ3v) is 4.90. The first-order valence-electron chi connectivity index (χ1n) is 9.99. The average Bonchev–Trinajstić information content (AvgIpc) is 3.04. The van der Waals surface area contributed by atoms with Gasteiger partial charge in [-0.2, -0.15) is 0 Å². The standard InChI is InChI=1S/C23H33FN2O/c1-4-5-11-23(27)18-25(14-12-19(2)3)17-22-10-7-13-26(22)16-20-8-6-9-21(24)15-20/h4,6-10,13,15,19,23,27H,1,5,11-12,14,16-18H2,2-3H3/p+1/t23-/m0/s1. The second kappa shape index (κ2) is 11.1. The molecule has 2 atom stereocenters. The number of hydrogen-bond acceptors (Lipinski definition) is 1. The largest absolute Gasteiger partial charge is 0.387 e. The molecule has 3 nitrogen and oxygen atoms in total. The summed E-state index contributed by atoms with van der Waals surface area (Å²) in [5.74, 6) is 0.445. The second-order valence-corrected chi connectivity index (χ2v) is 7.84. The fraction of sp³-hybridized carbons (Fsp3) is 0.478. The Morgan fingerprint density at radius 2 is 2.04 bits per heavy atom. The predicted octanol–water partition coefficient (Wildman–Crippen LogP) is 3.43. The van der Waals surface area contributed by atoms with Gasteiger partial charge in [0.2, 0.25) is 0 Å². The molecule has 0 saturated heterocycles. The van der Waals surface area contributed by atoms with Crippen molar-refractivity contribution in [2.24, 2.45) is 5.92 Å². The zero-order valence-electron chi connectivity index (χ0n) is 16.7. The number of nitrogens with one attached hydrogen (secondary N) is 1. The first-order chi connectivity index (χ1) is 13.0. The maximum absolute atomic E-state index is 13.5. The molecule has 0 radical (unpaired) electrons. The zero-order chi connectivity index (χ0) is 19.6. The van der Waals surface area contributed by atoms with Crippen LogP contribution in [0.25, 0.3) is 0 Å². The highest BCUT2D eigenvalue weighted by atomic mass is 19.1. The van der Waals surface area contributed by atoms with Crippen molar-refractivity contribution < 1.29 is 14.4 Å². The molecule has 0 aliphatic carbocycles. The van der Waals surface area contributed by atoms with Gasteiger partial charge in [-0.15, -0.1) is 6.58 Å². The van der Waals surface area contributed by atoms with Gasteiger partial charge < -0.3 is 14.6 Å². The summed E-state index contributed by atoms with van der Waals surface area (Å²) in [5, 5.41) is 10.4. The molecule has 27 heavy (non-hydrogen) atoms. The molecular weight excluding hydrogens is 339 g/mol. The minimum absolute atomic E-state index is 0.198. The number of aromatic nitrogens is 1. The minimum atomic E-state index is -0.309. The number of aliphatic hydroxyl groups excluding tert-OH is 1. The summed E-state index contributed by atoms with van der Waals surface area (Å²) >= 11 is 0. The van der Waals surface area contributed by atoms with Crippen LogP contribution in [-0.2, 0) is 13.1 Å². The summed E-state index contributed by atoms with van der Waals surface area (Å²) in [5.41, 5.74) is 2.18. The quantitative estimate of drug-likeness (QED) is 0.549. The number of hydrogen-bond donors (Lipinski definition) is 2. The van der Waals surface area contributed by atoms with Crippen LogP contribution in [0.5, 0.6) is 0 Å². The first kappa shape index (κ1) is 21.4. The van der Waals surface area contributed by atoms with Gasteiger partial charge in [0, 0.05) is 12.7 Å². The van der Waals surface area contributed by atoms with Gasteiger partial charge in [-0.3, -0.25) is 0 Å². The van der Waals surface area contributed by atoms with Gasteiger partial charge in [0.05, 0.1) is 12.2 Å². The number of nitrogens with zero attached hydrogens (tertiary/aromatic N) is 1. The Morgan fingerprint density at radius 1 is 1.22 bits per heavy atom. The highest BCUT2D eigenvalue weighted by molar-refractivity contribution is 5.18. The maximum atomic E-state index is 13.5. The molecule has 0 bridgehead atoms. The number of allylic oxidation sites excluding steroid dienone is 1. The number of benzene rings is 1. The summed E-state index contributed by atoms with van der Waals surface area (Å²) in [4.78, 5) is 1.39. The monoisotopic (exact) mass is 373 g/mol. The number of quaternary nitrogens is 1. The van der Waals surface area contributed by atoms with Gasteiger partial charge in [-0.1, -0.05) is 32.1 Å². The van der Waals surface area contributed by atoms with Crippen LogP contribution in [0.3, 0.4) is 0 Å². The van der Waals surface area contributed by atoms with Gasteiger partial charge in [0.15, 0.2) is 0 Å². The van der Waals surface area contributed by atoms with Crippen LogP contribution in [0, 0.1) is 11.7 Å². The maximum Gasteiger partial charge on any atom is 0.123 e. The summed E-state index contributed by atoms with van der Waals surface area (Å²) in [6.07, 6.45) is 6.34. The highest BCUT2D eigenvalue weighted by Crippen LogP contribution is 2.09. The minimum Gasteiger partial charge on any atom is -0.387 e. The molecule has 0 fully saturated rings. The third-order valence-electron chi connectivity index (χ3n) is 4.90. The van der Waals surface area contributed by atoms with Gasteiger partial charge in [0.25, 0.3) is 0 Å². The third kappa shape index (κ3) is 7.69. The molecule has 2 N–H and O–H groups in total. The molecule has 1 aromatic heterocycles. The van der Waals surface area contributed by atoms with Gasteiger partial charge >= 0.3 is 0 Å². The molecule has 0 spiro atoms. The Labute approximate surface area is 163 Å². The van der Waals surface area contributed by atoms with Gasteiger partial charge in [0.1, 0.15) is 25.0 Å². The summed E-state index contributed by atoms with van der Waals surface area (Å²) in [7, 11) is 0. The first-order valence-corrected chi connectivity index (χ1v) is 9.99. The molecule has 0 saturated carbocycles. The van der Waals surface area contributed by atoms with Crippen molar-refractivity contribution >= 4 is 0 Å². The van der Waals surface area contributed by atoms with E-state index < -0.39 is 0 Å². The molecule has 1 aromatic carbocycles. The fourth-order valence-electron chi connectivity index (χ4n) is 3.35. The van der Waals surface area contributed by atoms with Crippen molar-refractivity contribution in [3.05, 3.63) is 72.3 Å². The van der Waals surface area contributed by atoms with Crippen molar-refractivity contribution in [1.82, 2.24) is 4.57 Å². The van der Waals surface area contributed by atoms with E-state index in [0.717, 1.165) is 44.5 Å². The Balaban J connectivity index is 2.05. The van der Waals surface area contributed by atoms with E-state index in [2.05, 4.69) is 37.3 Å². The second-order valence-electron chi connectivity index (χ2n) is 7.84. The van der Waals surface area contributed by atoms with Crippen molar-refractivity contribution in [3.63, 3.8) is 0 Å². The number of aliphatic hydroxyl groups is 1. The average molecular weight is 374 g/mol. The summed E-state index contributed by atoms with van der Waals surface area (Å²) in [6.45, 7) is 11.5. The zero-order valence-corrected chi connectivity index (χ0v) is 16.7. The predicted molar refractivity (Wildman–Crippen MR) is 109 cm³/mol. The Bertz CT molecular complexity index is 695. The summed E-state index contributed by atoms with van der Waals surface area (Å²) in [6, 6.07) is 10.9. The Kier molecular flexibility index (Phi) is 8.76. The lowest BCUT2D eigenvalue weighted by Crippen LogP contribution is -3.12. The fourth-order valence-corrected chi connectivity index (χ4v) is 3.35. The van der Waals surface area contributed by atoms with E-state index in [-0.39, 0.29) is 11.9 Å². The van der Waals surface area contributed by atoms with E-state index >= 15 is 0 Å². The Hall–Kier alpha value is -1.91. The van der Waals surface area contributed by atoms with Crippen LogP contribution in [0.2, 0.25) is 0 Å². The van der Waals surface area contributed by atoms with E-state index in [4.69, 9.17) is 0 Å². The van der Waals surface area contributed by atoms with Crippen LogP contribution in [-0.4, -0.2) is 28.9 Å². The van der Waals surface area contributed by atoms with Crippen molar-refractivity contribution in [1.29, 1.82) is 0 Å². The van der Waals surface area contributed by atoms with Crippen LogP contribution in [0.1, 0.15) is 44.4 Å². The molecule has 1 heterocycles. The van der Waals surface area contributed by atoms with Crippen LogP contribution >= 0.6 is 0 Å². The molecule has 2 aromatic rings. The van der Waals surface area contributed by atoms with Crippen LogP contribution in [0.4, 0.5) is 4.39 Å². The van der Waals surface area contributed by atoms with E-state index in [0.29, 0.717) is 12.5 Å². The lowest BCUT2D eigenvalue weighted by atomic mass is 10.1. The van der Waals surface area contributed by atoms with Gasteiger partial charge in [-0.25, -0.2) is 4.39 Å². The van der Waals surface area contributed by atoms with E-state index in [9.17, 15) is 9.50 Å². The number of halogens is 1. The molecule has 0 aliphatic heterocycles. The van der Waals surface area contributed by atoms with Crippen molar-refractivity contribution in [2.45, 2.75) is 52.3 Å². The van der Waals surface area contributed by atoms with E-state index in [1.165, 1.54) is 16.7 Å². The highest BCUT2D eigenvalue weighted by Gasteiger charge is 2.17. The topological polar surface area (TPSA) is 29.6 Å². The molecule has 2 rings (SSSR count). The van der Waals surface area contributed by atoms with Crippen molar-refractivity contribution in [2.75, 3.05) is 13.1 Å². The van der Waals surface area contributed by atoms with Crippen molar-refractivity contribution in [3.8, 4) is 0 Å². The normalized spacial score (nSPS) is 13.7. The van der Waals surface area contributed by atoms with Crippen LogP contribution < -0.4 is 4.90 Å². The van der Waals surface area contributed by atoms with Gasteiger partial charge in [-0.05, 0) is 55.0 Å². The smallest absolute Gasteiger partial charge is 0.123 e. The molecule has 0 aliphatic rings. The Morgan fingerprint density at radius 3 is 2.74 bits per heavy atom. The molecule has 148 valence electrons. The van der Waals surface area contributed by atoms with Crippen LogP contribution in [0.15, 0.2) is 55.3 Å². The lowest BCUT2D eigenvalue weighted by Gasteiger charge is -2.24.